The van der Waals surface area contributed by atoms with Crippen molar-refractivity contribution < 1.29 is 4.79 Å². The van der Waals surface area contributed by atoms with Crippen LogP contribution in [0.5, 0.6) is 0 Å². The van der Waals surface area contributed by atoms with Crippen LogP contribution in [0.2, 0.25) is 5.02 Å². The fourth-order valence-electron chi connectivity index (χ4n) is 2.03. The van der Waals surface area contributed by atoms with Gasteiger partial charge in [0.25, 0.3) is 0 Å². The van der Waals surface area contributed by atoms with Crippen LogP contribution in [0.25, 0.3) is 11.0 Å². The van der Waals surface area contributed by atoms with E-state index in [-0.39, 0.29) is 5.91 Å². The first-order chi connectivity index (χ1) is 10.7. The molecule has 0 atom stereocenters. The van der Waals surface area contributed by atoms with E-state index in [1.807, 2.05) is 30.3 Å². The molecule has 0 spiro atoms. The van der Waals surface area contributed by atoms with Crippen LogP contribution >= 0.6 is 23.4 Å². The van der Waals surface area contributed by atoms with Gasteiger partial charge in [0.2, 0.25) is 5.91 Å². The second kappa shape index (κ2) is 6.85. The molecule has 1 heterocycles. The van der Waals surface area contributed by atoms with Gasteiger partial charge in [0.05, 0.1) is 11.0 Å². The summed E-state index contributed by atoms with van der Waals surface area (Å²) in [4.78, 5) is 19.6. The monoisotopic (exact) mass is 331 g/mol. The summed E-state index contributed by atoms with van der Waals surface area (Å²) in [5.74, 6) is 0.623. The van der Waals surface area contributed by atoms with E-state index in [0.29, 0.717) is 22.9 Å². The van der Waals surface area contributed by atoms with Crippen LogP contribution in [0.4, 0.5) is 5.69 Å². The normalized spacial score (nSPS) is 10.8. The van der Waals surface area contributed by atoms with Crippen molar-refractivity contribution in [2.24, 2.45) is 0 Å². The second-order valence-electron chi connectivity index (χ2n) is 4.72. The molecule has 112 valence electrons. The average molecular weight is 332 g/mol. The van der Waals surface area contributed by atoms with E-state index < -0.39 is 0 Å². The van der Waals surface area contributed by atoms with Gasteiger partial charge in [-0.2, -0.15) is 0 Å². The van der Waals surface area contributed by atoms with Crippen molar-refractivity contribution in [1.29, 1.82) is 0 Å². The minimum absolute atomic E-state index is 0.0362. The zero-order chi connectivity index (χ0) is 15.4. The number of thioether (sulfide) groups is 1. The van der Waals surface area contributed by atoms with Crippen LogP contribution in [0, 0.1) is 0 Å². The summed E-state index contributed by atoms with van der Waals surface area (Å²) >= 11 is 7.42. The van der Waals surface area contributed by atoms with Gasteiger partial charge in [0.1, 0.15) is 0 Å². The smallest absolute Gasteiger partial charge is 0.225 e. The van der Waals surface area contributed by atoms with Gasteiger partial charge in [0, 0.05) is 22.9 Å². The molecule has 6 heteroatoms. The highest BCUT2D eigenvalue weighted by Gasteiger charge is 2.06. The lowest BCUT2D eigenvalue weighted by atomic mass is 10.3. The molecule has 1 aromatic heterocycles. The molecule has 3 aromatic rings. The van der Waals surface area contributed by atoms with Crippen molar-refractivity contribution >= 4 is 46.0 Å². The number of H-pyrrole nitrogens is 1. The summed E-state index contributed by atoms with van der Waals surface area (Å²) < 4.78 is 0. The Balaban J connectivity index is 1.51. The number of halogens is 1. The summed E-state index contributed by atoms with van der Waals surface area (Å²) in [6.07, 6.45) is 0.411. The Hall–Kier alpha value is -1.98. The number of fused-ring (bicyclic) bond motifs is 1. The number of anilines is 1. The van der Waals surface area contributed by atoms with Gasteiger partial charge < -0.3 is 10.3 Å². The minimum atomic E-state index is -0.0362. The van der Waals surface area contributed by atoms with Gasteiger partial charge in [-0.25, -0.2) is 4.98 Å². The van der Waals surface area contributed by atoms with E-state index in [2.05, 4.69) is 15.3 Å². The highest BCUT2D eigenvalue weighted by atomic mass is 35.5. The molecule has 2 aromatic carbocycles. The maximum Gasteiger partial charge on any atom is 0.225 e. The Bertz CT molecular complexity index is 770. The molecule has 22 heavy (non-hydrogen) atoms. The molecule has 0 saturated carbocycles. The molecule has 0 aliphatic rings. The second-order valence-corrected chi connectivity index (χ2v) is 6.24. The number of hydrogen-bond acceptors (Lipinski definition) is 3. The van der Waals surface area contributed by atoms with Crippen LogP contribution in [0.1, 0.15) is 6.42 Å². The van der Waals surface area contributed by atoms with Gasteiger partial charge in [0.15, 0.2) is 5.16 Å². The number of nitrogens with zero attached hydrogens (tertiary/aromatic N) is 1. The number of carbonyl (C=O) groups excluding carboxylic acids is 1. The highest BCUT2D eigenvalue weighted by molar-refractivity contribution is 7.99. The van der Waals surface area contributed by atoms with Crippen LogP contribution in [0.3, 0.4) is 0 Å². The molecule has 2 N–H and O–H groups in total. The fraction of sp³-hybridized carbons (Fsp3) is 0.125. The summed E-state index contributed by atoms with van der Waals surface area (Å²) in [6.45, 7) is 0. The average Bonchev–Trinajstić information content (AvgIpc) is 2.90. The highest BCUT2D eigenvalue weighted by Crippen LogP contribution is 2.20. The Morgan fingerprint density at radius 3 is 2.91 bits per heavy atom. The number of aromatic amines is 1. The van der Waals surface area contributed by atoms with Crippen LogP contribution in [-0.4, -0.2) is 21.6 Å². The third-order valence-electron chi connectivity index (χ3n) is 3.04. The molecule has 1 amide bonds. The largest absolute Gasteiger partial charge is 0.333 e. The van der Waals surface area contributed by atoms with E-state index in [9.17, 15) is 4.79 Å². The van der Waals surface area contributed by atoms with Gasteiger partial charge in [-0.05, 0) is 30.3 Å². The third kappa shape index (κ3) is 3.81. The zero-order valence-corrected chi connectivity index (χ0v) is 13.2. The molecular formula is C16H14ClN3OS. The number of rotatable bonds is 5. The summed E-state index contributed by atoms with van der Waals surface area (Å²) in [7, 11) is 0. The van der Waals surface area contributed by atoms with Crippen molar-refractivity contribution in [3.63, 3.8) is 0 Å². The molecule has 0 fully saturated rings. The van der Waals surface area contributed by atoms with Gasteiger partial charge in [-0.3, -0.25) is 4.79 Å². The van der Waals surface area contributed by atoms with E-state index >= 15 is 0 Å². The topological polar surface area (TPSA) is 57.8 Å². The SMILES string of the molecule is O=C(CCSc1nc2ccccc2[nH]1)Nc1cccc(Cl)c1. The molecular weight excluding hydrogens is 318 g/mol. The lowest BCUT2D eigenvalue weighted by Gasteiger charge is -2.04. The van der Waals surface area contributed by atoms with Crippen molar-refractivity contribution in [1.82, 2.24) is 9.97 Å². The first-order valence-corrected chi connectivity index (χ1v) is 8.20. The predicted octanol–water partition coefficient (Wildman–Crippen LogP) is 4.34. The molecule has 0 radical (unpaired) electrons. The summed E-state index contributed by atoms with van der Waals surface area (Å²) in [5, 5.41) is 4.26. The van der Waals surface area contributed by atoms with Gasteiger partial charge in [-0.15, -0.1) is 0 Å². The van der Waals surface area contributed by atoms with Crippen LogP contribution < -0.4 is 5.32 Å². The van der Waals surface area contributed by atoms with Crippen molar-refractivity contribution in [3.8, 4) is 0 Å². The Labute approximate surface area is 137 Å². The number of benzene rings is 2. The Kier molecular flexibility index (Phi) is 4.65. The maximum absolute atomic E-state index is 11.9. The summed E-state index contributed by atoms with van der Waals surface area (Å²) in [6, 6.07) is 15.0. The lowest BCUT2D eigenvalue weighted by molar-refractivity contribution is -0.115. The third-order valence-corrected chi connectivity index (χ3v) is 4.15. The molecule has 0 saturated heterocycles. The Morgan fingerprint density at radius 1 is 1.23 bits per heavy atom. The predicted molar refractivity (Wildman–Crippen MR) is 91.5 cm³/mol. The number of nitrogens with one attached hydrogen (secondary N) is 2. The molecule has 0 unspecified atom stereocenters. The zero-order valence-electron chi connectivity index (χ0n) is 11.7. The quantitative estimate of drug-likeness (QED) is 0.684. The minimum Gasteiger partial charge on any atom is -0.333 e. The first-order valence-electron chi connectivity index (χ1n) is 6.84. The number of para-hydroxylation sites is 2. The van der Waals surface area contributed by atoms with Crippen LogP contribution in [-0.2, 0) is 4.79 Å². The van der Waals surface area contributed by atoms with E-state index in [1.54, 1.807) is 18.2 Å². The number of amides is 1. The molecule has 0 bridgehead atoms. The lowest BCUT2D eigenvalue weighted by Crippen LogP contribution is -2.12. The number of aromatic nitrogens is 2. The standard InChI is InChI=1S/C16H14ClN3OS/c17-11-4-3-5-12(10-11)18-15(21)8-9-22-16-19-13-6-1-2-7-14(13)20-16/h1-7,10H,8-9H2,(H,18,21)(H,19,20). The van der Waals surface area contributed by atoms with Crippen LogP contribution in [0.15, 0.2) is 53.7 Å². The van der Waals surface area contributed by atoms with Crippen molar-refractivity contribution in [3.05, 3.63) is 53.6 Å². The first kappa shape index (κ1) is 14.9. The van der Waals surface area contributed by atoms with Gasteiger partial charge >= 0.3 is 0 Å². The number of imidazole rings is 1. The Morgan fingerprint density at radius 2 is 2.09 bits per heavy atom. The molecule has 0 aliphatic heterocycles. The van der Waals surface area contributed by atoms with E-state index in [1.165, 1.54) is 11.8 Å². The van der Waals surface area contributed by atoms with E-state index in [4.69, 9.17) is 11.6 Å². The van der Waals surface area contributed by atoms with E-state index in [0.717, 1.165) is 16.2 Å². The molecule has 3 rings (SSSR count). The van der Waals surface area contributed by atoms with Crippen molar-refractivity contribution in [2.75, 3.05) is 11.1 Å². The summed E-state index contributed by atoms with van der Waals surface area (Å²) in [5.41, 5.74) is 2.66. The molecule has 0 aliphatic carbocycles. The van der Waals surface area contributed by atoms with Gasteiger partial charge in [-0.1, -0.05) is 41.6 Å². The molecule has 4 nitrogen and oxygen atoms in total. The number of hydrogen-bond donors (Lipinski definition) is 2. The number of carbonyl (C=O) groups is 1. The fourth-order valence-corrected chi connectivity index (χ4v) is 3.04. The van der Waals surface area contributed by atoms with Crippen molar-refractivity contribution in [2.45, 2.75) is 11.6 Å². The maximum atomic E-state index is 11.9.